The Labute approximate surface area is 94.9 Å². The molecule has 2 aromatic heterocycles. The third-order valence-electron chi connectivity index (χ3n) is 2.60. The van der Waals surface area contributed by atoms with E-state index in [1.807, 2.05) is 17.5 Å². The van der Waals surface area contributed by atoms with Gasteiger partial charge >= 0.3 is 0 Å². The van der Waals surface area contributed by atoms with Gasteiger partial charge in [0.15, 0.2) is 5.82 Å². The van der Waals surface area contributed by atoms with Crippen molar-refractivity contribution < 1.29 is 0 Å². The first-order valence-corrected chi connectivity index (χ1v) is 5.65. The van der Waals surface area contributed by atoms with Crippen LogP contribution >= 0.6 is 0 Å². The van der Waals surface area contributed by atoms with Crippen LogP contribution in [0.25, 0.3) is 5.65 Å². The molecular formula is C11H17N5. The van der Waals surface area contributed by atoms with E-state index < -0.39 is 0 Å². The third kappa shape index (κ3) is 1.98. The van der Waals surface area contributed by atoms with Crippen molar-refractivity contribution in [2.75, 3.05) is 5.32 Å². The highest BCUT2D eigenvalue weighted by molar-refractivity contribution is 5.62. The van der Waals surface area contributed by atoms with Gasteiger partial charge in [0, 0.05) is 18.4 Å². The normalized spacial score (nSPS) is 12.9. The van der Waals surface area contributed by atoms with Crippen molar-refractivity contribution in [3.05, 3.63) is 18.2 Å². The van der Waals surface area contributed by atoms with Crippen LogP contribution in [-0.4, -0.2) is 25.6 Å². The summed E-state index contributed by atoms with van der Waals surface area (Å²) in [4.78, 5) is 4.31. The smallest absolute Gasteiger partial charge is 0.203 e. The number of nitrogens with zero attached hydrogens (tertiary/aromatic N) is 4. The topological polar surface area (TPSA) is 55.1 Å². The van der Waals surface area contributed by atoms with Crippen molar-refractivity contribution in [1.82, 2.24) is 19.6 Å². The number of rotatable bonds is 4. The van der Waals surface area contributed by atoms with E-state index >= 15 is 0 Å². The lowest BCUT2D eigenvalue weighted by Crippen LogP contribution is -2.16. The molecule has 0 bridgehead atoms. The molecule has 0 aliphatic heterocycles. The summed E-state index contributed by atoms with van der Waals surface area (Å²) < 4.78 is 1.94. The van der Waals surface area contributed by atoms with E-state index in [1.165, 1.54) is 0 Å². The highest BCUT2D eigenvalue weighted by atomic mass is 15.3. The molecule has 0 spiro atoms. The van der Waals surface area contributed by atoms with Crippen LogP contribution < -0.4 is 5.32 Å². The van der Waals surface area contributed by atoms with Gasteiger partial charge in [0.05, 0.1) is 0 Å². The second kappa shape index (κ2) is 4.47. The minimum Gasteiger partial charge on any atom is -0.364 e. The van der Waals surface area contributed by atoms with Crippen molar-refractivity contribution in [1.29, 1.82) is 0 Å². The van der Waals surface area contributed by atoms with Gasteiger partial charge in [-0.2, -0.15) is 0 Å². The maximum absolute atomic E-state index is 4.31. The van der Waals surface area contributed by atoms with Crippen LogP contribution in [0.15, 0.2) is 12.4 Å². The lowest BCUT2D eigenvalue weighted by molar-refractivity contribution is 0.687. The predicted molar refractivity (Wildman–Crippen MR) is 63.5 cm³/mol. The maximum atomic E-state index is 4.31. The molecule has 1 unspecified atom stereocenters. The average molecular weight is 219 g/mol. The Kier molecular flexibility index (Phi) is 3.03. The Balaban J connectivity index is 2.30. The molecule has 16 heavy (non-hydrogen) atoms. The van der Waals surface area contributed by atoms with Crippen LogP contribution in [0.2, 0.25) is 0 Å². The fourth-order valence-corrected chi connectivity index (χ4v) is 1.78. The van der Waals surface area contributed by atoms with Gasteiger partial charge in [0.25, 0.3) is 0 Å². The van der Waals surface area contributed by atoms with Crippen LogP contribution in [0.3, 0.4) is 0 Å². The molecule has 2 rings (SSSR count). The van der Waals surface area contributed by atoms with Crippen LogP contribution in [-0.2, 0) is 0 Å². The number of fused-ring (bicyclic) bond motifs is 1. The first-order chi connectivity index (χ1) is 7.72. The van der Waals surface area contributed by atoms with E-state index in [0.29, 0.717) is 6.04 Å². The Morgan fingerprint density at radius 2 is 2.25 bits per heavy atom. The molecule has 86 valence electrons. The van der Waals surface area contributed by atoms with Crippen molar-refractivity contribution in [2.24, 2.45) is 0 Å². The van der Waals surface area contributed by atoms with Gasteiger partial charge in [0.1, 0.15) is 5.82 Å². The molecule has 2 heterocycles. The minimum absolute atomic E-state index is 0.403. The summed E-state index contributed by atoms with van der Waals surface area (Å²) in [6.07, 6.45) is 5.92. The quantitative estimate of drug-likeness (QED) is 0.854. The molecule has 0 saturated carbocycles. The molecule has 0 aromatic carbocycles. The fourth-order valence-electron chi connectivity index (χ4n) is 1.78. The number of anilines is 1. The van der Waals surface area contributed by atoms with Gasteiger partial charge in [-0.3, -0.25) is 4.40 Å². The van der Waals surface area contributed by atoms with Crippen molar-refractivity contribution in [2.45, 2.75) is 39.7 Å². The lowest BCUT2D eigenvalue weighted by Gasteiger charge is -2.13. The van der Waals surface area contributed by atoms with Crippen molar-refractivity contribution in [3.63, 3.8) is 0 Å². The van der Waals surface area contributed by atoms with Gasteiger partial charge in [0.2, 0.25) is 5.65 Å². The van der Waals surface area contributed by atoms with Gasteiger partial charge < -0.3 is 5.32 Å². The van der Waals surface area contributed by atoms with E-state index in [0.717, 1.165) is 30.1 Å². The number of hydrogen-bond donors (Lipinski definition) is 1. The zero-order valence-electron chi connectivity index (χ0n) is 9.94. The average Bonchev–Trinajstić information content (AvgIpc) is 2.62. The summed E-state index contributed by atoms with van der Waals surface area (Å²) in [7, 11) is 0. The minimum atomic E-state index is 0.403. The second-order valence-electron chi connectivity index (χ2n) is 4.05. The zero-order chi connectivity index (χ0) is 11.5. The molecule has 2 aromatic rings. The summed E-state index contributed by atoms with van der Waals surface area (Å²) >= 11 is 0. The Morgan fingerprint density at radius 1 is 1.44 bits per heavy atom. The van der Waals surface area contributed by atoms with Crippen LogP contribution in [0.1, 0.15) is 32.5 Å². The second-order valence-corrected chi connectivity index (χ2v) is 4.05. The standard InChI is InChI=1S/C11H17N5/c1-4-5-8(2)13-10-11-15-14-9(3)16(11)7-6-12-10/h6-8H,4-5H2,1-3H3,(H,12,13). The first-order valence-electron chi connectivity index (χ1n) is 5.65. The molecule has 0 radical (unpaired) electrons. The fraction of sp³-hybridized carbons (Fsp3) is 0.545. The molecule has 1 atom stereocenters. The number of aryl methyl sites for hydroxylation is 1. The lowest BCUT2D eigenvalue weighted by atomic mass is 10.2. The first kappa shape index (κ1) is 10.9. The molecule has 1 N–H and O–H groups in total. The highest BCUT2D eigenvalue weighted by Gasteiger charge is 2.09. The van der Waals surface area contributed by atoms with Gasteiger partial charge in [-0.05, 0) is 20.3 Å². The van der Waals surface area contributed by atoms with Gasteiger partial charge in [-0.25, -0.2) is 4.98 Å². The van der Waals surface area contributed by atoms with Crippen LogP contribution in [0.4, 0.5) is 5.82 Å². The molecule has 5 heteroatoms. The zero-order valence-corrected chi connectivity index (χ0v) is 9.94. The SMILES string of the molecule is CCCC(C)Nc1nccn2c(C)nnc12. The largest absolute Gasteiger partial charge is 0.364 e. The number of hydrogen-bond acceptors (Lipinski definition) is 4. The van der Waals surface area contributed by atoms with Crippen LogP contribution in [0, 0.1) is 6.92 Å². The maximum Gasteiger partial charge on any atom is 0.203 e. The Morgan fingerprint density at radius 3 is 3.00 bits per heavy atom. The van der Waals surface area contributed by atoms with Crippen LogP contribution in [0.5, 0.6) is 0 Å². The summed E-state index contributed by atoms with van der Waals surface area (Å²) in [5.74, 6) is 1.69. The number of aromatic nitrogens is 4. The van der Waals surface area contributed by atoms with E-state index in [2.05, 4.69) is 34.3 Å². The highest BCUT2D eigenvalue weighted by Crippen LogP contribution is 2.14. The molecule has 0 aliphatic rings. The summed E-state index contributed by atoms with van der Waals surface area (Å²) in [5.41, 5.74) is 0.794. The molecule has 0 saturated heterocycles. The molecule has 0 amide bonds. The monoisotopic (exact) mass is 219 g/mol. The number of nitrogens with one attached hydrogen (secondary N) is 1. The van der Waals surface area contributed by atoms with E-state index in [-0.39, 0.29) is 0 Å². The van der Waals surface area contributed by atoms with Gasteiger partial charge in [-0.15, -0.1) is 10.2 Å². The van der Waals surface area contributed by atoms with Crippen molar-refractivity contribution in [3.8, 4) is 0 Å². The molecule has 0 fully saturated rings. The summed E-state index contributed by atoms with van der Waals surface area (Å²) in [5, 5.41) is 11.5. The van der Waals surface area contributed by atoms with E-state index in [1.54, 1.807) is 6.20 Å². The Bertz CT molecular complexity index is 476. The summed E-state index contributed by atoms with van der Waals surface area (Å²) in [6, 6.07) is 0.403. The van der Waals surface area contributed by atoms with Gasteiger partial charge in [-0.1, -0.05) is 13.3 Å². The van der Waals surface area contributed by atoms with Crippen molar-refractivity contribution >= 4 is 11.5 Å². The summed E-state index contributed by atoms with van der Waals surface area (Å²) in [6.45, 7) is 6.25. The molecule has 5 nitrogen and oxygen atoms in total. The van der Waals surface area contributed by atoms with E-state index in [9.17, 15) is 0 Å². The third-order valence-corrected chi connectivity index (χ3v) is 2.60. The molecular weight excluding hydrogens is 202 g/mol. The Hall–Kier alpha value is -1.65. The predicted octanol–water partition coefficient (Wildman–Crippen LogP) is 2.03. The van der Waals surface area contributed by atoms with E-state index in [4.69, 9.17) is 0 Å². The molecule has 0 aliphatic carbocycles.